The van der Waals surface area contributed by atoms with E-state index < -0.39 is 0 Å². The van der Waals surface area contributed by atoms with E-state index in [0.717, 1.165) is 0 Å². The summed E-state index contributed by atoms with van der Waals surface area (Å²) in [5.74, 6) is 0.0788. The van der Waals surface area contributed by atoms with Crippen molar-refractivity contribution in [2.75, 3.05) is 7.11 Å². The van der Waals surface area contributed by atoms with Gasteiger partial charge in [0.1, 0.15) is 5.78 Å². The van der Waals surface area contributed by atoms with Gasteiger partial charge in [0, 0.05) is 12.3 Å². The summed E-state index contributed by atoms with van der Waals surface area (Å²) in [6.45, 7) is 1.87. The first-order valence-electron chi connectivity index (χ1n) is 4.25. The first-order valence-corrected chi connectivity index (χ1v) is 4.25. The molecule has 1 aliphatic carbocycles. The summed E-state index contributed by atoms with van der Waals surface area (Å²) in [4.78, 5) is 22.2. The molecule has 0 heterocycles. The Morgan fingerprint density at radius 1 is 1.58 bits per heavy atom. The van der Waals surface area contributed by atoms with Gasteiger partial charge in [0.15, 0.2) is 0 Å². The standard InChI is InChI=1S/C9H14O3/c1-6-5-7(9(11)12-2)3-4-8(6)10/h6-7H,3-5H2,1-2H3/t6-,7-/m1/s1. The zero-order valence-electron chi connectivity index (χ0n) is 7.50. The van der Waals surface area contributed by atoms with E-state index >= 15 is 0 Å². The molecule has 2 atom stereocenters. The highest BCUT2D eigenvalue weighted by Crippen LogP contribution is 2.26. The van der Waals surface area contributed by atoms with Crippen molar-refractivity contribution in [3.8, 4) is 0 Å². The minimum atomic E-state index is -0.172. The molecule has 0 aliphatic heterocycles. The van der Waals surface area contributed by atoms with Crippen LogP contribution in [0.5, 0.6) is 0 Å². The van der Waals surface area contributed by atoms with E-state index in [1.807, 2.05) is 6.92 Å². The van der Waals surface area contributed by atoms with Crippen LogP contribution in [0, 0.1) is 11.8 Å². The van der Waals surface area contributed by atoms with Crippen LogP contribution >= 0.6 is 0 Å². The third-order valence-electron chi connectivity index (χ3n) is 2.46. The first-order chi connectivity index (χ1) is 5.65. The molecule has 0 spiro atoms. The molecule has 0 unspecified atom stereocenters. The first kappa shape index (κ1) is 9.23. The lowest BCUT2D eigenvalue weighted by atomic mass is 9.81. The Kier molecular flexibility index (Phi) is 2.84. The Morgan fingerprint density at radius 3 is 2.75 bits per heavy atom. The third-order valence-corrected chi connectivity index (χ3v) is 2.46. The number of ketones is 1. The molecule has 0 aromatic carbocycles. The van der Waals surface area contributed by atoms with Crippen molar-refractivity contribution < 1.29 is 14.3 Å². The molecule has 0 saturated heterocycles. The van der Waals surface area contributed by atoms with Gasteiger partial charge in [-0.15, -0.1) is 0 Å². The predicted molar refractivity (Wildman–Crippen MR) is 43.5 cm³/mol. The van der Waals surface area contributed by atoms with Gasteiger partial charge in [-0.25, -0.2) is 0 Å². The largest absolute Gasteiger partial charge is 0.469 e. The van der Waals surface area contributed by atoms with Crippen LogP contribution in [0.4, 0.5) is 0 Å². The highest BCUT2D eigenvalue weighted by Gasteiger charge is 2.30. The molecule has 0 aromatic rings. The second-order valence-electron chi connectivity index (χ2n) is 3.36. The van der Waals surface area contributed by atoms with E-state index in [1.54, 1.807) is 0 Å². The molecule has 0 amide bonds. The van der Waals surface area contributed by atoms with Crippen molar-refractivity contribution in [3.05, 3.63) is 0 Å². The molecule has 0 N–H and O–H groups in total. The third kappa shape index (κ3) is 1.84. The lowest BCUT2D eigenvalue weighted by Gasteiger charge is -2.23. The monoisotopic (exact) mass is 170 g/mol. The number of ether oxygens (including phenoxy) is 1. The maximum Gasteiger partial charge on any atom is 0.308 e. The fraction of sp³-hybridized carbons (Fsp3) is 0.778. The van der Waals surface area contributed by atoms with Crippen molar-refractivity contribution >= 4 is 11.8 Å². The molecule has 1 aliphatic rings. The Morgan fingerprint density at radius 2 is 2.25 bits per heavy atom. The van der Waals surface area contributed by atoms with Gasteiger partial charge >= 0.3 is 5.97 Å². The Labute approximate surface area is 72.1 Å². The van der Waals surface area contributed by atoms with Crippen LogP contribution in [0.1, 0.15) is 26.2 Å². The minimum Gasteiger partial charge on any atom is -0.469 e. The van der Waals surface area contributed by atoms with E-state index in [2.05, 4.69) is 4.74 Å². The average molecular weight is 170 g/mol. The lowest BCUT2D eigenvalue weighted by molar-refractivity contribution is -0.148. The maximum atomic E-state index is 11.1. The quantitative estimate of drug-likeness (QED) is 0.555. The van der Waals surface area contributed by atoms with Gasteiger partial charge in [-0.2, -0.15) is 0 Å². The number of methoxy groups -OCH3 is 1. The SMILES string of the molecule is COC(=O)[C@@H]1CCC(=O)[C@H](C)C1. The summed E-state index contributed by atoms with van der Waals surface area (Å²) < 4.78 is 4.62. The molecule has 3 nitrogen and oxygen atoms in total. The lowest BCUT2D eigenvalue weighted by Crippen LogP contribution is -2.28. The zero-order valence-corrected chi connectivity index (χ0v) is 7.50. The Hall–Kier alpha value is -0.860. The number of carbonyl (C=O) groups is 2. The molecule has 0 radical (unpaired) electrons. The highest BCUT2D eigenvalue weighted by atomic mass is 16.5. The van der Waals surface area contributed by atoms with Crippen LogP contribution in [0.15, 0.2) is 0 Å². The van der Waals surface area contributed by atoms with Crippen LogP contribution in [-0.2, 0) is 14.3 Å². The fourth-order valence-corrected chi connectivity index (χ4v) is 1.62. The van der Waals surface area contributed by atoms with E-state index in [1.165, 1.54) is 7.11 Å². The Balaban J connectivity index is 2.50. The molecular weight excluding hydrogens is 156 g/mol. The number of rotatable bonds is 1. The molecule has 1 saturated carbocycles. The minimum absolute atomic E-state index is 0.0304. The van der Waals surface area contributed by atoms with Gasteiger partial charge in [-0.3, -0.25) is 9.59 Å². The summed E-state index contributed by atoms with van der Waals surface area (Å²) in [6, 6.07) is 0. The second kappa shape index (κ2) is 3.70. The van der Waals surface area contributed by atoms with Gasteiger partial charge in [-0.1, -0.05) is 6.92 Å². The fourth-order valence-electron chi connectivity index (χ4n) is 1.62. The van der Waals surface area contributed by atoms with Crippen LogP contribution in [0.2, 0.25) is 0 Å². The Bertz CT molecular complexity index is 198. The van der Waals surface area contributed by atoms with Gasteiger partial charge in [0.2, 0.25) is 0 Å². The molecular formula is C9H14O3. The summed E-state index contributed by atoms with van der Waals surface area (Å²) in [7, 11) is 1.39. The number of Topliss-reactive ketones (excluding diaryl/α,β-unsaturated/α-hetero) is 1. The van der Waals surface area contributed by atoms with Crippen molar-refractivity contribution in [2.45, 2.75) is 26.2 Å². The molecule has 0 aromatic heterocycles. The number of carbonyl (C=O) groups excluding carboxylic acids is 2. The molecule has 1 rings (SSSR count). The van der Waals surface area contributed by atoms with Crippen molar-refractivity contribution in [3.63, 3.8) is 0 Å². The topological polar surface area (TPSA) is 43.4 Å². The van der Waals surface area contributed by atoms with E-state index in [4.69, 9.17) is 0 Å². The summed E-state index contributed by atoms with van der Waals surface area (Å²) >= 11 is 0. The van der Waals surface area contributed by atoms with E-state index in [0.29, 0.717) is 19.3 Å². The average Bonchev–Trinajstić information content (AvgIpc) is 2.08. The van der Waals surface area contributed by atoms with Crippen LogP contribution in [0.25, 0.3) is 0 Å². The van der Waals surface area contributed by atoms with Gasteiger partial charge in [0.25, 0.3) is 0 Å². The number of hydrogen-bond donors (Lipinski definition) is 0. The summed E-state index contributed by atoms with van der Waals surface area (Å²) in [6.07, 6.45) is 1.85. The van der Waals surface area contributed by atoms with Crippen LogP contribution in [-0.4, -0.2) is 18.9 Å². The highest BCUT2D eigenvalue weighted by molar-refractivity contribution is 5.84. The zero-order chi connectivity index (χ0) is 9.14. The molecule has 1 fully saturated rings. The second-order valence-corrected chi connectivity index (χ2v) is 3.36. The van der Waals surface area contributed by atoms with E-state index in [-0.39, 0.29) is 23.6 Å². The van der Waals surface area contributed by atoms with Crippen molar-refractivity contribution in [1.29, 1.82) is 0 Å². The molecule has 3 heteroatoms. The van der Waals surface area contributed by atoms with Crippen molar-refractivity contribution in [2.24, 2.45) is 11.8 Å². The summed E-state index contributed by atoms with van der Waals surface area (Å²) in [5, 5.41) is 0. The smallest absolute Gasteiger partial charge is 0.308 e. The number of esters is 1. The number of hydrogen-bond acceptors (Lipinski definition) is 3. The molecule has 0 bridgehead atoms. The van der Waals surface area contributed by atoms with Crippen LogP contribution < -0.4 is 0 Å². The van der Waals surface area contributed by atoms with Crippen LogP contribution in [0.3, 0.4) is 0 Å². The normalized spacial score (nSPS) is 30.0. The van der Waals surface area contributed by atoms with E-state index in [9.17, 15) is 9.59 Å². The summed E-state index contributed by atoms with van der Waals surface area (Å²) in [5.41, 5.74) is 0. The molecule has 68 valence electrons. The van der Waals surface area contributed by atoms with Gasteiger partial charge in [0.05, 0.1) is 13.0 Å². The maximum absolute atomic E-state index is 11.1. The van der Waals surface area contributed by atoms with Crippen molar-refractivity contribution in [1.82, 2.24) is 0 Å². The van der Waals surface area contributed by atoms with Gasteiger partial charge < -0.3 is 4.74 Å². The molecule has 12 heavy (non-hydrogen) atoms. The van der Waals surface area contributed by atoms with Gasteiger partial charge in [-0.05, 0) is 12.8 Å². The predicted octanol–water partition coefficient (Wildman–Crippen LogP) is 1.16.